The predicted molar refractivity (Wildman–Crippen MR) is 68.2 cm³/mol. The second-order valence-electron chi connectivity index (χ2n) is 4.87. The van der Waals surface area contributed by atoms with Crippen molar-refractivity contribution in [1.29, 1.82) is 0 Å². The van der Waals surface area contributed by atoms with Crippen molar-refractivity contribution in [3.05, 3.63) is 11.6 Å². The first kappa shape index (κ1) is 13.5. The summed E-state index contributed by atoms with van der Waals surface area (Å²) in [6.45, 7) is 3.21. The van der Waals surface area contributed by atoms with Gasteiger partial charge in [0.15, 0.2) is 0 Å². The molecule has 0 atom stereocenters. The fourth-order valence-corrected chi connectivity index (χ4v) is 2.32. The number of hydrogen-bond acceptors (Lipinski definition) is 4. The Labute approximate surface area is 111 Å². The van der Waals surface area contributed by atoms with Crippen molar-refractivity contribution in [2.45, 2.75) is 32.6 Å². The zero-order chi connectivity index (χ0) is 13.8. The van der Waals surface area contributed by atoms with Crippen molar-refractivity contribution in [3.63, 3.8) is 0 Å². The fourth-order valence-electron chi connectivity index (χ4n) is 2.32. The quantitative estimate of drug-likeness (QED) is 0.805. The molecule has 19 heavy (non-hydrogen) atoms. The van der Waals surface area contributed by atoms with E-state index in [4.69, 9.17) is 5.73 Å². The average Bonchev–Trinajstić information content (AvgIpc) is 2.87. The summed E-state index contributed by atoms with van der Waals surface area (Å²) in [6, 6.07) is 0. The van der Waals surface area contributed by atoms with Crippen molar-refractivity contribution in [2.24, 2.45) is 11.7 Å². The van der Waals surface area contributed by atoms with E-state index < -0.39 is 0 Å². The van der Waals surface area contributed by atoms with Crippen LogP contribution < -0.4 is 5.73 Å². The molecule has 7 heteroatoms. The molecule has 0 aromatic carbocycles. The molecule has 0 bridgehead atoms. The first-order valence-corrected chi connectivity index (χ1v) is 6.59. The van der Waals surface area contributed by atoms with Crippen LogP contribution >= 0.6 is 0 Å². The number of likely N-dealkylation sites (tertiary alicyclic amines) is 1. The number of aromatic nitrogens is 3. The zero-order valence-corrected chi connectivity index (χ0v) is 11.1. The van der Waals surface area contributed by atoms with E-state index in [1.54, 1.807) is 4.90 Å². The highest BCUT2D eigenvalue weighted by atomic mass is 16.2. The second kappa shape index (κ2) is 5.81. The standard InChI is InChI=1S/C12H19N5O2/c1-2-10-14-11(16-15-10)12(19)17-5-3-8(4-6-17)7-9(13)18/h8H,2-7H2,1H3,(H2,13,18)(H,14,15,16). The molecule has 0 radical (unpaired) electrons. The number of H-pyrrole nitrogens is 1. The van der Waals surface area contributed by atoms with Crippen LogP contribution in [0.15, 0.2) is 0 Å². The Hall–Kier alpha value is -1.92. The lowest BCUT2D eigenvalue weighted by Gasteiger charge is -2.30. The van der Waals surface area contributed by atoms with Crippen molar-refractivity contribution in [3.8, 4) is 0 Å². The van der Waals surface area contributed by atoms with Crippen LogP contribution in [0, 0.1) is 5.92 Å². The summed E-state index contributed by atoms with van der Waals surface area (Å²) < 4.78 is 0. The monoisotopic (exact) mass is 265 g/mol. The molecule has 2 amide bonds. The van der Waals surface area contributed by atoms with Gasteiger partial charge in [-0.3, -0.25) is 14.7 Å². The molecule has 3 N–H and O–H groups in total. The van der Waals surface area contributed by atoms with Gasteiger partial charge in [-0.1, -0.05) is 6.92 Å². The van der Waals surface area contributed by atoms with Crippen LogP contribution in [0.4, 0.5) is 0 Å². The number of rotatable bonds is 4. The lowest BCUT2D eigenvalue weighted by atomic mass is 9.93. The summed E-state index contributed by atoms with van der Waals surface area (Å²) in [7, 11) is 0. The number of aromatic amines is 1. The minimum Gasteiger partial charge on any atom is -0.370 e. The molecule has 2 rings (SSSR count). The lowest BCUT2D eigenvalue weighted by molar-refractivity contribution is -0.119. The van der Waals surface area contributed by atoms with Crippen LogP contribution in [0.2, 0.25) is 0 Å². The van der Waals surface area contributed by atoms with E-state index in [2.05, 4.69) is 15.2 Å². The molecular formula is C12H19N5O2. The molecule has 104 valence electrons. The van der Waals surface area contributed by atoms with Gasteiger partial charge in [-0.15, -0.1) is 5.10 Å². The molecule has 1 aliphatic heterocycles. The number of amides is 2. The zero-order valence-electron chi connectivity index (χ0n) is 11.1. The van der Waals surface area contributed by atoms with Gasteiger partial charge in [0.2, 0.25) is 11.7 Å². The number of piperidine rings is 1. The van der Waals surface area contributed by atoms with E-state index in [9.17, 15) is 9.59 Å². The molecule has 2 heterocycles. The third kappa shape index (κ3) is 3.30. The van der Waals surface area contributed by atoms with E-state index in [1.807, 2.05) is 6.92 Å². The number of aryl methyl sites for hydroxylation is 1. The highest BCUT2D eigenvalue weighted by Gasteiger charge is 2.26. The van der Waals surface area contributed by atoms with Crippen LogP contribution in [0.1, 0.15) is 42.6 Å². The summed E-state index contributed by atoms with van der Waals surface area (Å²) in [4.78, 5) is 28.9. The molecule has 0 spiro atoms. The Morgan fingerprint density at radius 2 is 2.11 bits per heavy atom. The molecule has 7 nitrogen and oxygen atoms in total. The second-order valence-corrected chi connectivity index (χ2v) is 4.87. The third-order valence-electron chi connectivity index (χ3n) is 3.45. The summed E-state index contributed by atoms with van der Waals surface area (Å²) in [5.74, 6) is 0.817. The molecule has 0 unspecified atom stereocenters. The molecule has 0 aliphatic carbocycles. The third-order valence-corrected chi connectivity index (χ3v) is 3.45. The van der Waals surface area contributed by atoms with E-state index in [0.29, 0.717) is 31.3 Å². The van der Waals surface area contributed by atoms with Crippen molar-refractivity contribution in [2.75, 3.05) is 13.1 Å². The lowest BCUT2D eigenvalue weighted by Crippen LogP contribution is -2.39. The SMILES string of the molecule is CCc1nc(C(=O)N2CCC(CC(N)=O)CC2)n[nH]1. The van der Waals surface area contributed by atoms with Gasteiger partial charge in [0.1, 0.15) is 5.82 Å². The topological polar surface area (TPSA) is 105 Å². The summed E-state index contributed by atoms with van der Waals surface area (Å²) in [6.07, 6.45) is 2.74. The first-order chi connectivity index (χ1) is 9.10. The van der Waals surface area contributed by atoms with Gasteiger partial charge in [-0.05, 0) is 18.8 Å². The van der Waals surface area contributed by atoms with Crippen LogP contribution in [0.25, 0.3) is 0 Å². The Bertz CT molecular complexity index is 462. The highest BCUT2D eigenvalue weighted by Crippen LogP contribution is 2.20. The van der Waals surface area contributed by atoms with E-state index in [1.165, 1.54) is 0 Å². The van der Waals surface area contributed by atoms with Crippen LogP contribution in [-0.4, -0.2) is 45.0 Å². The minimum absolute atomic E-state index is 0.145. The summed E-state index contributed by atoms with van der Waals surface area (Å²) in [5.41, 5.74) is 5.18. The average molecular weight is 265 g/mol. The largest absolute Gasteiger partial charge is 0.370 e. The number of nitrogens with zero attached hydrogens (tertiary/aromatic N) is 3. The van der Waals surface area contributed by atoms with Gasteiger partial charge >= 0.3 is 0 Å². The van der Waals surface area contributed by atoms with Gasteiger partial charge in [-0.2, -0.15) is 0 Å². The number of nitrogens with two attached hydrogens (primary N) is 1. The molecule has 0 saturated carbocycles. The summed E-state index contributed by atoms with van der Waals surface area (Å²) >= 11 is 0. The summed E-state index contributed by atoms with van der Waals surface area (Å²) in [5, 5.41) is 6.67. The van der Waals surface area contributed by atoms with Crippen LogP contribution in [0.5, 0.6) is 0 Å². The maximum absolute atomic E-state index is 12.1. The van der Waals surface area contributed by atoms with E-state index in [0.717, 1.165) is 19.3 Å². The van der Waals surface area contributed by atoms with Crippen molar-refractivity contribution in [1.82, 2.24) is 20.1 Å². The predicted octanol–water partition coefficient (Wildman–Crippen LogP) is 0.0947. The van der Waals surface area contributed by atoms with Gasteiger partial charge in [-0.25, -0.2) is 4.98 Å². The molecule has 1 aliphatic rings. The fraction of sp³-hybridized carbons (Fsp3) is 0.667. The van der Waals surface area contributed by atoms with E-state index >= 15 is 0 Å². The van der Waals surface area contributed by atoms with Gasteiger partial charge in [0.05, 0.1) is 0 Å². The number of carbonyl (C=O) groups excluding carboxylic acids is 2. The number of nitrogens with one attached hydrogen (secondary N) is 1. The Morgan fingerprint density at radius 3 is 2.63 bits per heavy atom. The maximum Gasteiger partial charge on any atom is 0.293 e. The molecule has 1 fully saturated rings. The Kier molecular flexibility index (Phi) is 4.13. The van der Waals surface area contributed by atoms with Crippen molar-refractivity contribution >= 4 is 11.8 Å². The van der Waals surface area contributed by atoms with Gasteiger partial charge in [0.25, 0.3) is 5.91 Å². The molecule has 1 saturated heterocycles. The van der Waals surface area contributed by atoms with Gasteiger partial charge < -0.3 is 10.6 Å². The number of hydrogen-bond donors (Lipinski definition) is 2. The van der Waals surface area contributed by atoms with Gasteiger partial charge in [0, 0.05) is 25.9 Å². The number of primary amides is 1. The molecule has 1 aromatic rings. The Morgan fingerprint density at radius 1 is 1.42 bits per heavy atom. The minimum atomic E-state index is -0.272. The van der Waals surface area contributed by atoms with Crippen LogP contribution in [0.3, 0.4) is 0 Å². The first-order valence-electron chi connectivity index (χ1n) is 6.59. The highest BCUT2D eigenvalue weighted by molar-refractivity contribution is 5.90. The van der Waals surface area contributed by atoms with Crippen molar-refractivity contribution < 1.29 is 9.59 Å². The molecule has 1 aromatic heterocycles. The van der Waals surface area contributed by atoms with E-state index in [-0.39, 0.29) is 17.6 Å². The number of carbonyl (C=O) groups is 2. The maximum atomic E-state index is 12.1. The Balaban J connectivity index is 1.90. The smallest absolute Gasteiger partial charge is 0.293 e. The van der Waals surface area contributed by atoms with Crippen LogP contribution in [-0.2, 0) is 11.2 Å². The normalized spacial score (nSPS) is 16.6. The molecular weight excluding hydrogens is 246 g/mol.